The van der Waals surface area contributed by atoms with Gasteiger partial charge in [0.25, 0.3) is 0 Å². The molecular formula is C32H27N7O10S. The molecule has 18 heteroatoms. The lowest BCUT2D eigenvalue weighted by atomic mass is 9.77. The van der Waals surface area contributed by atoms with E-state index in [0.29, 0.717) is 5.69 Å². The van der Waals surface area contributed by atoms with Crippen LogP contribution in [0.5, 0.6) is 23.0 Å². The number of urea groups is 1. The van der Waals surface area contributed by atoms with Gasteiger partial charge in [-0.05, 0) is 30.3 Å². The molecule has 4 aromatic rings. The predicted molar refractivity (Wildman–Crippen MR) is 176 cm³/mol. The maximum absolute atomic E-state index is 14.4. The number of H-pyrrole nitrogens is 1. The van der Waals surface area contributed by atoms with Gasteiger partial charge in [-0.2, -0.15) is 0 Å². The van der Waals surface area contributed by atoms with Crippen LogP contribution >= 0.6 is 12.2 Å². The van der Waals surface area contributed by atoms with Gasteiger partial charge < -0.3 is 46.6 Å². The van der Waals surface area contributed by atoms with Crippen LogP contribution in [0.3, 0.4) is 0 Å². The average molecular weight is 702 g/mol. The van der Waals surface area contributed by atoms with Gasteiger partial charge in [0, 0.05) is 52.7 Å². The van der Waals surface area contributed by atoms with Crippen molar-refractivity contribution >= 4 is 52.7 Å². The number of hydrogen-bond acceptors (Lipinski definition) is 12. The number of aromatic nitrogens is 2. The van der Waals surface area contributed by atoms with Gasteiger partial charge in [0.05, 0.1) is 30.7 Å². The first-order valence-electron chi connectivity index (χ1n) is 14.7. The smallest absolute Gasteiger partial charge is 0.342 e. The highest BCUT2D eigenvalue weighted by Crippen LogP contribution is 2.58. The number of phenols is 2. The van der Waals surface area contributed by atoms with Crippen molar-refractivity contribution in [2.24, 2.45) is 11.5 Å². The number of esters is 1. The topological polar surface area (TPSA) is 273 Å². The number of ether oxygens (including phenoxy) is 2. The number of rotatable bonds is 9. The number of imidazole rings is 1. The van der Waals surface area contributed by atoms with Crippen LogP contribution in [0, 0.1) is 0 Å². The molecular weight excluding hydrogens is 674 g/mol. The van der Waals surface area contributed by atoms with Gasteiger partial charge in [0.2, 0.25) is 11.8 Å². The number of carboxylic acids is 1. The van der Waals surface area contributed by atoms with Crippen molar-refractivity contribution in [3.63, 3.8) is 0 Å². The normalized spacial score (nSPS) is 13.9. The van der Waals surface area contributed by atoms with Gasteiger partial charge in [-0.1, -0.05) is 18.3 Å². The maximum atomic E-state index is 14.4. The van der Waals surface area contributed by atoms with E-state index in [2.05, 4.69) is 20.6 Å². The van der Waals surface area contributed by atoms with Crippen LogP contribution in [-0.4, -0.2) is 79.2 Å². The molecule has 0 bridgehead atoms. The van der Waals surface area contributed by atoms with Gasteiger partial charge in [0.15, 0.2) is 5.60 Å². The van der Waals surface area contributed by atoms with Crippen molar-refractivity contribution in [2.45, 2.75) is 18.1 Å². The Balaban J connectivity index is 1.68. The number of hydrogen-bond donors (Lipinski definition) is 8. The third kappa shape index (κ3) is 5.67. The zero-order chi connectivity index (χ0) is 35.9. The standard InChI is InChI=1S/C32H27N7O10S/c33-10-24(42)36-12-25(43)39(21(29(44)45)7-14-11-35-13-37-14)27-17(28(50)38-31(34)47)3-6-20-26(27)30(46)49-32(20)18-4-1-15(40)8-22(18)48-23-9-16(41)2-5-19(23)32/h1-6,8-9,11,13,21,40-41H,7,10,12,33H2,(H,35,37)(H,36,42)(H,44,45)(H3,34,38,47,50)/t21-/m0/s1. The number of aromatic amines is 1. The first-order valence-corrected chi connectivity index (χ1v) is 15.1. The lowest BCUT2D eigenvalue weighted by Gasteiger charge is -2.37. The Hall–Kier alpha value is -6.53. The molecule has 50 heavy (non-hydrogen) atoms. The summed E-state index contributed by atoms with van der Waals surface area (Å²) in [4.78, 5) is 72.7. The fourth-order valence-corrected chi connectivity index (χ4v) is 6.33. The lowest BCUT2D eigenvalue weighted by molar-refractivity contribution is -0.140. The summed E-state index contributed by atoms with van der Waals surface area (Å²) in [5.74, 6) is -4.58. The first kappa shape index (κ1) is 33.4. The molecule has 1 spiro atoms. The molecule has 2 aliphatic rings. The van der Waals surface area contributed by atoms with Crippen molar-refractivity contribution in [1.29, 1.82) is 0 Å². The molecule has 17 nitrogen and oxygen atoms in total. The highest BCUT2D eigenvalue weighted by Gasteiger charge is 2.56. The SMILES string of the molecule is NCC(=O)NCC(=O)N(c1c(C(=S)NC(N)=O)ccc2c1C(=O)OC21c2ccc(O)cc2Oc2cc(O)ccc21)[C@@H](Cc1cnc[nH]1)C(=O)O. The Labute approximate surface area is 286 Å². The monoisotopic (exact) mass is 701 g/mol. The molecule has 256 valence electrons. The number of benzene rings is 3. The molecule has 3 heterocycles. The second kappa shape index (κ2) is 12.8. The average Bonchev–Trinajstić information content (AvgIpc) is 3.69. The zero-order valence-electron chi connectivity index (χ0n) is 25.6. The maximum Gasteiger partial charge on any atom is 0.342 e. The summed E-state index contributed by atoms with van der Waals surface area (Å²) < 4.78 is 12.2. The first-order chi connectivity index (χ1) is 23.8. The van der Waals surface area contributed by atoms with Crippen LogP contribution in [0.15, 0.2) is 61.1 Å². The van der Waals surface area contributed by atoms with Crippen LogP contribution in [0.1, 0.15) is 38.3 Å². The molecule has 0 aliphatic carbocycles. The second-order valence-electron chi connectivity index (χ2n) is 11.1. The number of primary amides is 1. The Kier molecular flexibility index (Phi) is 8.56. The number of nitrogens with two attached hydrogens (primary N) is 2. The van der Waals surface area contributed by atoms with Gasteiger partial charge in [-0.25, -0.2) is 19.4 Å². The molecule has 0 radical (unpaired) electrons. The highest BCUT2D eigenvalue weighted by molar-refractivity contribution is 7.80. The van der Waals surface area contributed by atoms with E-state index in [4.69, 9.17) is 33.2 Å². The van der Waals surface area contributed by atoms with Gasteiger partial charge in [0.1, 0.15) is 34.0 Å². The molecule has 0 unspecified atom stereocenters. The lowest BCUT2D eigenvalue weighted by Crippen LogP contribution is -2.52. The largest absolute Gasteiger partial charge is 0.508 e. The molecule has 0 fully saturated rings. The Morgan fingerprint density at radius 2 is 1.66 bits per heavy atom. The van der Waals surface area contributed by atoms with Crippen molar-refractivity contribution in [3.8, 4) is 23.0 Å². The summed E-state index contributed by atoms with van der Waals surface area (Å²) in [5, 5.41) is 35.7. The third-order valence-electron chi connectivity index (χ3n) is 8.09. The Bertz CT molecular complexity index is 2050. The van der Waals surface area contributed by atoms with Crippen molar-refractivity contribution in [3.05, 3.63) is 94.6 Å². The number of nitrogens with one attached hydrogen (secondary N) is 3. The summed E-state index contributed by atoms with van der Waals surface area (Å²) in [7, 11) is 0. The van der Waals surface area contributed by atoms with Crippen LogP contribution in [0.25, 0.3) is 0 Å². The minimum absolute atomic E-state index is 0.0559. The van der Waals surface area contributed by atoms with Crippen molar-refractivity contribution < 1.29 is 48.8 Å². The number of fused-ring (bicyclic) bond motifs is 6. The minimum atomic E-state index is -1.84. The van der Waals surface area contributed by atoms with E-state index in [-0.39, 0.29) is 67.9 Å². The van der Waals surface area contributed by atoms with Crippen LogP contribution in [0.2, 0.25) is 0 Å². The summed E-state index contributed by atoms with van der Waals surface area (Å²) in [6.07, 6.45) is 2.27. The number of phenolic OH excluding ortho intramolecular Hbond substituents is 2. The van der Waals surface area contributed by atoms with E-state index in [0.717, 1.165) is 4.90 Å². The molecule has 6 rings (SSSR count). The third-order valence-corrected chi connectivity index (χ3v) is 8.42. The van der Waals surface area contributed by atoms with Gasteiger partial charge in [-0.3, -0.25) is 19.8 Å². The van der Waals surface area contributed by atoms with E-state index in [1.54, 1.807) is 0 Å². The van der Waals surface area contributed by atoms with Crippen LogP contribution in [0.4, 0.5) is 10.5 Å². The van der Waals surface area contributed by atoms with Crippen molar-refractivity contribution in [1.82, 2.24) is 20.6 Å². The zero-order valence-corrected chi connectivity index (χ0v) is 26.4. The predicted octanol–water partition coefficient (Wildman–Crippen LogP) is 0.837. The summed E-state index contributed by atoms with van der Waals surface area (Å²) in [6, 6.07) is 8.07. The van der Waals surface area contributed by atoms with E-state index < -0.39 is 54.5 Å². The minimum Gasteiger partial charge on any atom is -0.508 e. The molecule has 0 saturated carbocycles. The number of thiocarbonyl (C=S) groups is 1. The summed E-state index contributed by atoms with van der Waals surface area (Å²) >= 11 is 5.47. The highest BCUT2D eigenvalue weighted by atomic mass is 32.1. The number of carbonyl (C=O) groups excluding carboxylic acids is 4. The van der Waals surface area contributed by atoms with E-state index in [1.165, 1.54) is 61.1 Å². The number of carboxylic acid groups (broad SMARTS) is 1. The van der Waals surface area contributed by atoms with Gasteiger partial charge >= 0.3 is 18.0 Å². The molecule has 10 N–H and O–H groups in total. The summed E-state index contributed by atoms with van der Waals surface area (Å²) in [6.45, 7) is -1.25. The second-order valence-corrected chi connectivity index (χ2v) is 11.5. The Morgan fingerprint density at radius 3 is 2.22 bits per heavy atom. The molecule has 1 aromatic heterocycles. The summed E-state index contributed by atoms with van der Waals surface area (Å²) in [5.41, 5.74) is 8.90. The Morgan fingerprint density at radius 1 is 1.02 bits per heavy atom. The van der Waals surface area contributed by atoms with E-state index in [1.807, 2.05) is 0 Å². The number of anilines is 1. The van der Waals surface area contributed by atoms with E-state index >= 15 is 0 Å². The number of carbonyl (C=O) groups is 5. The fraction of sp³-hybridized carbons (Fsp3) is 0.156. The molecule has 3 aromatic carbocycles. The number of aromatic hydroxyl groups is 2. The molecule has 4 amide bonds. The molecule has 0 saturated heterocycles. The van der Waals surface area contributed by atoms with Crippen LogP contribution in [-0.2, 0) is 31.1 Å². The number of amides is 4. The molecule has 2 aliphatic heterocycles. The van der Waals surface area contributed by atoms with E-state index in [9.17, 15) is 39.3 Å². The molecule has 1 atom stereocenters. The number of nitrogens with zero attached hydrogens (tertiary/aromatic N) is 2. The number of aliphatic carboxylic acids is 1. The quantitative estimate of drug-likeness (QED) is 0.0889. The fourth-order valence-electron chi connectivity index (χ4n) is 6.06. The van der Waals surface area contributed by atoms with Crippen molar-refractivity contribution in [2.75, 3.05) is 18.0 Å². The van der Waals surface area contributed by atoms with Crippen LogP contribution < -0.4 is 31.7 Å². The van der Waals surface area contributed by atoms with Gasteiger partial charge in [-0.15, -0.1) is 0 Å².